The number of hydrazone groups is 1. The van der Waals surface area contributed by atoms with Crippen molar-refractivity contribution in [3.63, 3.8) is 0 Å². The van der Waals surface area contributed by atoms with Crippen LogP contribution in [-0.2, 0) is 22.3 Å². The number of hydrogen-bond donors (Lipinski definition) is 2. The molecule has 15 heteroatoms. The Morgan fingerprint density at radius 2 is 1.37 bits per heavy atom. The van der Waals surface area contributed by atoms with E-state index in [0.29, 0.717) is 75.5 Å². The van der Waals surface area contributed by atoms with E-state index >= 15 is 0 Å². The van der Waals surface area contributed by atoms with E-state index in [1.165, 1.54) is 51.4 Å². The quantitative estimate of drug-likeness (QED) is 0.0736. The summed E-state index contributed by atoms with van der Waals surface area (Å²) in [7, 11) is 0. The number of pyridine rings is 2. The molecule has 0 saturated heterocycles. The Morgan fingerprint density at radius 3 is 1.95 bits per heavy atom. The first-order valence-electron chi connectivity index (χ1n) is 22.4. The number of nitriles is 2. The van der Waals surface area contributed by atoms with Crippen LogP contribution in [0.15, 0.2) is 77.4 Å². The number of halogens is 2. The SMILES string of the molecule is CCOC(=O)c1ccc2c(n1)CC/C(=C\C1CCCC1)C2=O.CCOC(=O)c1ccc2c(n1)CCC1C2=NN(c2ccc(C#N)c(Cl)c2)C1C1CCCC1.N#Cc1ccc(NN)cc1Cl. The number of Topliss-reactive ketones (excluding diaryl/α,β-unsaturated/α-hetero) is 1. The van der Waals surface area contributed by atoms with Gasteiger partial charge in [-0.3, -0.25) is 15.6 Å². The molecule has 0 radical (unpaired) electrons. The lowest BCUT2D eigenvalue weighted by Crippen LogP contribution is -2.40. The highest BCUT2D eigenvalue weighted by Gasteiger charge is 2.46. The zero-order valence-electron chi connectivity index (χ0n) is 36.6. The Balaban J connectivity index is 0.000000164. The average molecular weight is 916 g/mol. The normalized spacial score (nSPS) is 19.2. The second-order valence-electron chi connectivity index (χ2n) is 16.6. The summed E-state index contributed by atoms with van der Waals surface area (Å²) in [6, 6.07) is 21.8. The van der Waals surface area contributed by atoms with E-state index in [1.807, 2.05) is 24.3 Å². The van der Waals surface area contributed by atoms with Crippen molar-refractivity contribution in [2.75, 3.05) is 23.6 Å². The zero-order chi connectivity index (χ0) is 46.0. The van der Waals surface area contributed by atoms with Crippen LogP contribution in [0, 0.1) is 40.4 Å². The Hall–Kier alpha value is -6.12. The Kier molecular flexibility index (Phi) is 15.6. The number of hydrogen-bond acceptors (Lipinski definition) is 13. The molecular weight excluding hydrogens is 864 g/mol. The first kappa shape index (κ1) is 46.9. The smallest absolute Gasteiger partial charge is 0.356 e. The fourth-order valence-electron chi connectivity index (χ4n) is 9.50. The molecule has 1 aliphatic heterocycles. The molecule has 2 aromatic carbocycles. The summed E-state index contributed by atoms with van der Waals surface area (Å²) in [5.74, 6) is 5.84. The van der Waals surface area contributed by atoms with Crippen LogP contribution >= 0.6 is 23.2 Å². The van der Waals surface area contributed by atoms with E-state index in [4.69, 9.17) is 48.9 Å². The number of aromatic nitrogens is 2. The molecule has 0 bridgehead atoms. The van der Waals surface area contributed by atoms with Gasteiger partial charge in [0.15, 0.2) is 5.78 Å². The highest BCUT2D eigenvalue weighted by atomic mass is 35.5. The van der Waals surface area contributed by atoms with E-state index in [9.17, 15) is 19.6 Å². The minimum Gasteiger partial charge on any atom is -0.461 e. The van der Waals surface area contributed by atoms with E-state index < -0.39 is 5.97 Å². The van der Waals surface area contributed by atoms with Gasteiger partial charge in [-0.25, -0.2) is 19.6 Å². The van der Waals surface area contributed by atoms with Crippen LogP contribution in [0.2, 0.25) is 10.0 Å². The number of hydrazine groups is 1. The monoisotopic (exact) mass is 914 g/mol. The maximum absolute atomic E-state index is 12.6. The van der Waals surface area contributed by atoms with Crippen LogP contribution in [0.25, 0.3) is 0 Å². The molecule has 9 rings (SSSR count). The topological polar surface area (TPSA) is 197 Å². The fourth-order valence-corrected chi connectivity index (χ4v) is 9.94. The van der Waals surface area contributed by atoms with Crippen LogP contribution in [-0.4, -0.2) is 52.7 Å². The standard InChI is InChI=1S/C25H25ClN4O2.C18H21NO3.C7H6ClN3/c1-2-32-25(31)22-12-9-18-21(28-22)11-10-19-23(18)29-30(24(19)15-5-3-4-6-15)17-8-7-16(14-27)20(26)13-17;1-2-22-18(21)16-10-8-14-15(19-16)9-7-13(17(14)20)11-12-5-3-4-6-12;8-7-3-6(11-10)2-1-5(7)4-9/h7-9,12-13,15,19,24H,2-6,10-11H2,1H3;8,10-12H,2-7,9H2,1H3;1-3,11H,10H2/b;13-11+;. The average Bonchev–Trinajstić information content (AvgIpc) is 4.13. The van der Waals surface area contributed by atoms with Gasteiger partial charge in [-0.2, -0.15) is 15.6 Å². The number of benzene rings is 2. The molecule has 2 unspecified atom stereocenters. The van der Waals surface area contributed by atoms with Gasteiger partial charge >= 0.3 is 11.9 Å². The highest BCUT2D eigenvalue weighted by Crippen LogP contribution is 2.45. The molecule has 2 fully saturated rings. The largest absolute Gasteiger partial charge is 0.461 e. The van der Waals surface area contributed by atoms with Gasteiger partial charge in [-0.15, -0.1) is 0 Å². The molecule has 2 aromatic heterocycles. The van der Waals surface area contributed by atoms with Crippen LogP contribution in [0.5, 0.6) is 0 Å². The molecule has 0 spiro atoms. The Morgan fingerprint density at radius 1 is 0.785 bits per heavy atom. The number of carbonyl (C=O) groups is 3. The number of allylic oxidation sites excluding steroid dienone is 2. The van der Waals surface area contributed by atoms with Gasteiger partial charge in [0, 0.05) is 17.0 Å². The van der Waals surface area contributed by atoms with Crippen molar-refractivity contribution in [3.8, 4) is 12.1 Å². The van der Waals surface area contributed by atoms with Crippen LogP contribution in [0.4, 0.5) is 11.4 Å². The summed E-state index contributed by atoms with van der Waals surface area (Å²) in [5.41, 5.74) is 10.9. The van der Waals surface area contributed by atoms with Crippen molar-refractivity contribution in [2.24, 2.45) is 28.7 Å². The maximum Gasteiger partial charge on any atom is 0.356 e. The van der Waals surface area contributed by atoms with Gasteiger partial charge < -0.3 is 14.9 Å². The first-order chi connectivity index (χ1) is 31.6. The van der Waals surface area contributed by atoms with E-state index in [0.717, 1.165) is 53.2 Å². The van der Waals surface area contributed by atoms with Gasteiger partial charge in [0.1, 0.15) is 23.5 Å². The maximum atomic E-state index is 12.6. The predicted octanol–water partition coefficient (Wildman–Crippen LogP) is 10.1. The number of fused-ring (bicyclic) bond motifs is 4. The van der Waals surface area contributed by atoms with Crippen LogP contribution in [0.1, 0.15) is 137 Å². The van der Waals surface area contributed by atoms with Crippen molar-refractivity contribution < 1.29 is 23.9 Å². The van der Waals surface area contributed by atoms with Crippen molar-refractivity contribution in [1.82, 2.24) is 9.97 Å². The first-order valence-corrected chi connectivity index (χ1v) is 23.2. The number of nitrogen functional groups attached to an aromatic ring is 1. The molecule has 336 valence electrons. The molecule has 65 heavy (non-hydrogen) atoms. The lowest BCUT2D eigenvalue weighted by Gasteiger charge is -2.34. The molecule has 5 aliphatic rings. The van der Waals surface area contributed by atoms with Gasteiger partial charge in [0.25, 0.3) is 0 Å². The number of ether oxygens (including phenoxy) is 2. The number of nitrogens with zero attached hydrogens (tertiary/aromatic N) is 6. The summed E-state index contributed by atoms with van der Waals surface area (Å²) in [5, 5.41) is 25.9. The lowest BCUT2D eigenvalue weighted by molar-refractivity contribution is 0.0509. The molecule has 2 atom stereocenters. The number of aryl methyl sites for hydroxylation is 2. The highest BCUT2D eigenvalue weighted by molar-refractivity contribution is 6.32. The van der Waals surface area contributed by atoms with Gasteiger partial charge in [0.05, 0.1) is 68.9 Å². The minimum absolute atomic E-state index is 0.0797. The summed E-state index contributed by atoms with van der Waals surface area (Å²) < 4.78 is 10.1. The molecule has 3 N–H and O–H groups in total. The van der Waals surface area contributed by atoms with E-state index in [-0.39, 0.29) is 23.5 Å². The van der Waals surface area contributed by atoms with Gasteiger partial charge in [-0.1, -0.05) is 55.0 Å². The van der Waals surface area contributed by atoms with Gasteiger partial charge in [0.2, 0.25) is 0 Å². The van der Waals surface area contributed by atoms with E-state index in [1.54, 1.807) is 56.3 Å². The second-order valence-corrected chi connectivity index (χ2v) is 17.4. The molecular formula is C50H52Cl2N8O5. The molecule has 13 nitrogen and oxygen atoms in total. The summed E-state index contributed by atoms with van der Waals surface area (Å²) >= 11 is 12.1. The zero-order valence-corrected chi connectivity index (χ0v) is 38.1. The molecule has 0 amide bonds. The number of anilines is 2. The lowest BCUT2D eigenvalue weighted by atomic mass is 9.76. The van der Waals surface area contributed by atoms with Crippen molar-refractivity contribution in [1.29, 1.82) is 10.5 Å². The van der Waals surface area contributed by atoms with Crippen LogP contribution < -0.4 is 16.3 Å². The minimum atomic E-state index is -0.426. The van der Waals surface area contributed by atoms with Crippen LogP contribution in [0.3, 0.4) is 0 Å². The number of esters is 2. The third-order valence-corrected chi connectivity index (χ3v) is 13.3. The number of rotatable bonds is 8. The number of carbonyl (C=O) groups excluding carboxylic acids is 3. The number of nitrogens with two attached hydrogens (primary N) is 1. The Labute approximate surface area is 389 Å². The summed E-state index contributed by atoms with van der Waals surface area (Å²) in [4.78, 5) is 45.4. The fraction of sp³-hybridized carbons (Fsp3) is 0.400. The molecule has 4 aromatic rings. The van der Waals surface area contributed by atoms with E-state index in [2.05, 4.69) is 32.5 Å². The number of nitrogens with one attached hydrogen (secondary N) is 1. The van der Waals surface area contributed by atoms with Gasteiger partial charge in [-0.05, 0) is 143 Å². The summed E-state index contributed by atoms with van der Waals surface area (Å²) in [6.45, 7) is 4.21. The molecule has 2 saturated carbocycles. The Bertz CT molecular complexity index is 2590. The summed E-state index contributed by atoms with van der Waals surface area (Å²) in [6.07, 6.45) is 15.2. The predicted molar refractivity (Wildman–Crippen MR) is 250 cm³/mol. The molecule has 3 heterocycles. The van der Waals surface area contributed by atoms with Crippen molar-refractivity contribution >= 4 is 58.0 Å². The molecule has 4 aliphatic carbocycles. The second kappa shape index (κ2) is 21.7. The number of ketones is 1. The van der Waals surface area contributed by atoms with Crippen molar-refractivity contribution in [3.05, 3.63) is 127 Å². The third kappa shape index (κ3) is 10.7. The van der Waals surface area contributed by atoms with Crippen molar-refractivity contribution in [2.45, 2.75) is 96.9 Å². The third-order valence-electron chi connectivity index (χ3n) is 12.6.